The minimum absolute atomic E-state index is 0.0585. The molecule has 1 aliphatic heterocycles. The first-order chi connectivity index (χ1) is 16.4. The summed E-state index contributed by atoms with van der Waals surface area (Å²) in [5.41, 5.74) is 0.0848. The molecular formula is C29H34F4O. The quantitative estimate of drug-likeness (QED) is 0.300. The molecule has 5 heteroatoms. The van der Waals surface area contributed by atoms with Gasteiger partial charge in [0.1, 0.15) is 0 Å². The Labute approximate surface area is 200 Å². The molecule has 34 heavy (non-hydrogen) atoms. The number of allylic oxidation sites excluding steroid dienone is 2. The fourth-order valence-electron chi connectivity index (χ4n) is 5.67. The fourth-order valence-corrected chi connectivity index (χ4v) is 5.67. The summed E-state index contributed by atoms with van der Waals surface area (Å²) >= 11 is 0. The first-order valence-electron chi connectivity index (χ1n) is 12.6. The predicted molar refractivity (Wildman–Crippen MR) is 128 cm³/mol. The van der Waals surface area contributed by atoms with Crippen molar-refractivity contribution in [1.29, 1.82) is 0 Å². The van der Waals surface area contributed by atoms with Gasteiger partial charge in [0.2, 0.25) is 0 Å². The van der Waals surface area contributed by atoms with Gasteiger partial charge in [0.25, 0.3) is 0 Å². The highest BCUT2D eigenvalue weighted by atomic mass is 19.2. The summed E-state index contributed by atoms with van der Waals surface area (Å²) in [7, 11) is 0. The first kappa shape index (κ1) is 25.0. The summed E-state index contributed by atoms with van der Waals surface area (Å²) in [6.07, 6.45) is 11.3. The number of benzene rings is 2. The lowest BCUT2D eigenvalue weighted by Crippen LogP contribution is -2.25. The van der Waals surface area contributed by atoms with Crippen LogP contribution in [0.3, 0.4) is 0 Å². The van der Waals surface area contributed by atoms with Crippen LogP contribution in [-0.2, 0) is 4.74 Å². The van der Waals surface area contributed by atoms with E-state index in [4.69, 9.17) is 4.74 Å². The zero-order valence-electron chi connectivity index (χ0n) is 20.1. The molecule has 4 rings (SSSR count). The maximum absolute atomic E-state index is 15.1. The smallest absolute Gasteiger partial charge is 0.167 e. The van der Waals surface area contributed by atoms with Crippen LogP contribution in [0.15, 0.2) is 36.4 Å². The van der Waals surface area contributed by atoms with Crippen molar-refractivity contribution in [3.63, 3.8) is 0 Å². The monoisotopic (exact) mass is 474 g/mol. The Morgan fingerprint density at radius 2 is 1.32 bits per heavy atom. The van der Waals surface area contributed by atoms with E-state index in [0.29, 0.717) is 24.5 Å². The Hall–Kier alpha value is -2.14. The van der Waals surface area contributed by atoms with Crippen molar-refractivity contribution in [3.8, 4) is 11.1 Å². The van der Waals surface area contributed by atoms with Gasteiger partial charge < -0.3 is 4.74 Å². The van der Waals surface area contributed by atoms with E-state index in [9.17, 15) is 0 Å². The second-order valence-corrected chi connectivity index (χ2v) is 9.82. The number of halogens is 4. The number of ether oxygens (including phenoxy) is 1. The van der Waals surface area contributed by atoms with Gasteiger partial charge in [-0.1, -0.05) is 49.8 Å². The zero-order chi connectivity index (χ0) is 24.2. The average molecular weight is 475 g/mol. The minimum atomic E-state index is -1.13. The summed E-state index contributed by atoms with van der Waals surface area (Å²) in [6, 6.07) is 5.80. The third-order valence-corrected chi connectivity index (χ3v) is 7.61. The zero-order valence-corrected chi connectivity index (χ0v) is 20.1. The van der Waals surface area contributed by atoms with Gasteiger partial charge in [-0.25, -0.2) is 17.6 Å². The van der Waals surface area contributed by atoms with Crippen molar-refractivity contribution in [2.45, 2.75) is 83.2 Å². The maximum atomic E-state index is 15.1. The van der Waals surface area contributed by atoms with Crippen LogP contribution in [0.25, 0.3) is 11.1 Å². The minimum Gasteiger partial charge on any atom is -0.378 e. The van der Waals surface area contributed by atoms with E-state index >= 15 is 17.6 Å². The molecule has 0 N–H and O–H groups in total. The molecular weight excluding hydrogens is 440 g/mol. The SMILES string of the molecule is C/C=C/C1CCC(c2ccc(-c3ccc(C4CCC(CCC)OC4)c(F)c3F)c(F)c2F)CC1. The lowest BCUT2D eigenvalue weighted by Gasteiger charge is -2.29. The molecule has 2 aromatic carbocycles. The number of hydrogen-bond donors (Lipinski definition) is 0. The van der Waals surface area contributed by atoms with Crippen LogP contribution in [0.4, 0.5) is 17.6 Å². The lowest BCUT2D eigenvalue weighted by atomic mass is 9.78. The summed E-state index contributed by atoms with van der Waals surface area (Å²) in [5.74, 6) is -4.00. The van der Waals surface area contributed by atoms with Crippen LogP contribution >= 0.6 is 0 Å². The van der Waals surface area contributed by atoms with E-state index < -0.39 is 23.3 Å². The van der Waals surface area contributed by atoms with Gasteiger partial charge in [-0.05, 0) is 74.8 Å². The summed E-state index contributed by atoms with van der Waals surface area (Å²) in [5, 5.41) is 0. The molecule has 2 aromatic rings. The van der Waals surface area contributed by atoms with Crippen LogP contribution in [0.5, 0.6) is 0 Å². The van der Waals surface area contributed by atoms with Gasteiger partial charge in [-0.15, -0.1) is 0 Å². The molecule has 2 aliphatic rings. The molecule has 2 fully saturated rings. The number of rotatable bonds is 6. The van der Waals surface area contributed by atoms with Crippen LogP contribution in [0, 0.1) is 29.2 Å². The van der Waals surface area contributed by atoms with E-state index in [1.165, 1.54) is 18.2 Å². The highest BCUT2D eigenvalue weighted by molar-refractivity contribution is 5.66. The van der Waals surface area contributed by atoms with Crippen LogP contribution in [0.1, 0.15) is 88.2 Å². The van der Waals surface area contributed by atoms with Gasteiger partial charge in [0, 0.05) is 17.0 Å². The average Bonchev–Trinajstić information content (AvgIpc) is 2.85. The van der Waals surface area contributed by atoms with Gasteiger partial charge in [0.15, 0.2) is 23.3 Å². The van der Waals surface area contributed by atoms with E-state index in [-0.39, 0.29) is 34.6 Å². The van der Waals surface area contributed by atoms with Crippen molar-refractivity contribution < 1.29 is 22.3 Å². The molecule has 2 unspecified atom stereocenters. The fraction of sp³-hybridized carbons (Fsp3) is 0.517. The van der Waals surface area contributed by atoms with Crippen molar-refractivity contribution in [2.24, 2.45) is 5.92 Å². The van der Waals surface area contributed by atoms with Crippen molar-refractivity contribution in [3.05, 3.63) is 70.8 Å². The molecule has 0 aromatic heterocycles. The Morgan fingerprint density at radius 1 is 0.765 bits per heavy atom. The third-order valence-electron chi connectivity index (χ3n) is 7.61. The maximum Gasteiger partial charge on any atom is 0.167 e. The Bertz CT molecular complexity index is 1020. The molecule has 0 radical (unpaired) electrons. The highest BCUT2D eigenvalue weighted by Crippen LogP contribution is 2.40. The van der Waals surface area contributed by atoms with E-state index in [1.54, 1.807) is 6.07 Å². The second kappa shape index (κ2) is 11.1. The van der Waals surface area contributed by atoms with Crippen molar-refractivity contribution in [2.75, 3.05) is 6.61 Å². The van der Waals surface area contributed by atoms with Gasteiger partial charge in [-0.3, -0.25) is 0 Å². The highest BCUT2D eigenvalue weighted by Gasteiger charge is 2.29. The molecule has 1 saturated carbocycles. The molecule has 0 amide bonds. The van der Waals surface area contributed by atoms with Gasteiger partial charge in [0.05, 0.1) is 12.7 Å². The summed E-state index contributed by atoms with van der Waals surface area (Å²) < 4.78 is 66.1. The largest absolute Gasteiger partial charge is 0.378 e. The van der Waals surface area contributed by atoms with Crippen molar-refractivity contribution >= 4 is 0 Å². The van der Waals surface area contributed by atoms with Crippen LogP contribution in [-0.4, -0.2) is 12.7 Å². The van der Waals surface area contributed by atoms with Crippen LogP contribution in [0.2, 0.25) is 0 Å². The number of hydrogen-bond acceptors (Lipinski definition) is 1. The molecule has 1 saturated heterocycles. The summed E-state index contributed by atoms with van der Waals surface area (Å²) in [4.78, 5) is 0. The molecule has 1 nitrogen and oxygen atoms in total. The summed E-state index contributed by atoms with van der Waals surface area (Å²) in [6.45, 7) is 4.42. The normalized spacial score (nSPS) is 25.7. The molecule has 2 atom stereocenters. The topological polar surface area (TPSA) is 9.23 Å². The van der Waals surface area contributed by atoms with E-state index in [2.05, 4.69) is 13.0 Å². The van der Waals surface area contributed by atoms with Crippen molar-refractivity contribution in [1.82, 2.24) is 0 Å². The first-order valence-corrected chi connectivity index (χ1v) is 12.6. The Kier molecular flexibility index (Phi) is 8.13. The molecule has 0 spiro atoms. The second-order valence-electron chi connectivity index (χ2n) is 9.82. The standard InChI is InChI=1S/C29H34F4O/c1-3-5-18-7-9-19(10-8-18)22-13-15-24(28(32)26(22)30)25-16-14-23(27(31)29(25)33)20-11-12-21(6-4-2)34-17-20/h3,5,13-16,18-21H,4,6-12,17H2,1-2H3/b5-3+. The molecule has 0 bridgehead atoms. The van der Waals surface area contributed by atoms with E-state index in [1.807, 2.05) is 13.0 Å². The van der Waals surface area contributed by atoms with Gasteiger partial charge >= 0.3 is 0 Å². The van der Waals surface area contributed by atoms with Crippen LogP contribution < -0.4 is 0 Å². The lowest BCUT2D eigenvalue weighted by molar-refractivity contribution is -0.00181. The predicted octanol–water partition coefficient (Wildman–Crippen LogP) is 8.82. The third kappa shape index (κ3) is 5.10. The Morgan fingerprint density at radius 3 is 1.82 bits per heavy atom. The molecule has 1 aliphatic carbocycles. The Balaban J connectivity index is 1.54. The van der Waals surface area contributed by atoms with E-state index in [0.717, 1.165) is 44.9 Å². The van der Waals surface area contributed by atoms with Gasteiger partial charge in [-0.2, -0.15) is 0 Å². The molecule has 184 valence electrons. The molecule has 1 heterocycles.